The lowest BCUT2D eigenvalue weighted by molar-refractivity contribution is -0.132. The van der Waals surface area contributed by atoms with Crippen LogP contribution in [0.1, 0.15) is 24.0 Å². The smallest absolute Gasteiger partial charge is 0.260 e. The average molecular weight is 598 g/mol. The number of carbonyl (C=O) groups is 1. The van der Waals surface area contributed by atoms with Crippen molar-refractivity contribution in [1.29, 1.82) is 0 Å². The van der Waals surface area contributed by atoms with Crippen molar-refractivity contribution in [1.82, 2.24) is 20.1 Å². The number of nitrogens with one attached hydrogen (secondary N) is 2. The van der Waals surface area contributed by atoms with Crippen molar-refractivity contribution in [2.45, 2.75) is 18.9 Å². The van der Waals surface area contributed by atoms with Crippen LogP contribution in [-0.2, 0) is 21.7 Å². The molecular formula is C30H33F2N5O4S. The van der Waals surface area contributed by atoms with Gasteiger partial charge >= 0.3 is 0 Å². The lowest BCUT2D eigenvalue weighted by Crippen LogP contribution is -2.48. The fourth-order valence-corrected chi connectivity index (χ4v) is 7.30. The number of rotatable bonds is 6. The van der Waals surface area contributed by atoms with E-state index in [9.17, 15) is 22.4 Å². The highest BCUT2D eigenvalue weighted by Gasteiger charge is 2.44. The van der Waals surface area contributed by atoms with E-state index in [2.05, 4.69) is 10.6 Å². The molecule has 1 aromatic heterocycles. The van der Waals surface area contributed by atoms with Crippen molar-refractivity contribution in [3.63, 3.8) is 0 Å². The zero-order valence-corrected chi connectivity index (χ0v) is 24.3. The van der Waals surface area contributed by atoms with Crippen LogP contribution in [0.2, 0.25) is 0 Å². The van der Waals surface area contributed by atoms with E-state index in [1.54, 1.807) is 36.5 Å². The molecule has 2 atom stereocenters. The van der Waals surface area contributed by atoms with Crippen molar-refractivity contribution < 1.29 is 22.0 Å². The number of fused-ring (bicyclic) bond motifs is 2. The summed E-state index contributed by atoms with van der Waals surface area (Å²) < 4.78 is 55.6. The van der Waals surface area contributed by atoms with E-state index in [-0.39, 0.29) is 28.8 Å². The van der Waals surface area contributed by atoms with E-state index in [1.165, 1.54) is 16.7 Å². The number of aromatic nitrogens is 1. The number of pyridine rings is 1. The molecule has 0 spiro atoms. The number of nitrogens with zero attached hydrogens (tertiary/aromatic N) is 3. The van der Waals surface area contributed by atoms with Gasteiger partial charge in [-0.1, -0.05) is 0 Å². The zero-order valence-electron chi connectivity index (χ0n) is 23.5. The molecule has 1 aromatic carbocycles. The molecule has 3 aliphatic heterocycles. The number of allylic oxidation sites excluding steroid dienone is 1. The third kappa shape index (κ3) is 5.17. The van der Waals surface area contributed by atoms with E-state index in [0.717, 1.165) is 31.0 Å². The predicted octanol–water partition coefficient (Wildman–Crippen LogP) is 2.02. The molecule has 4 heterocycles. The number of sulfone groups is 1. The molecule has 6 rings (SSSR count). The summed E-state index contributed by atoms with van der Waals surface area (Å²) in [5.41, 5.74) is 3.15. The van der Waals surface area contributed by atoms with Gasteiger partial charge in [0.05, 0.1) is 28.7 Å². The third-order valence-corrected chi connectivity index (χ3v) is 9.28. The van der Waals surface area contributed by atoms with Gasteiger partial charge in [-0.3, -0.25) is 9.59 Å². The number of amides is 1. The molecule has 0 saturated carbocycles. The molecule has 222 valence electrons. The van der Waals surface area contributed by atoms with Crippen molar-refractivity contribution in [3.05, 3.63) is 87.0 Å². The number of piperazine rings is 1. The highest BCUT2D eigenvalue weighted by atomic mass is 32.2. The van der Waals surface area contributed by atoms with E-state index in [0.29, 0.717) is 60.4 Å². The maximum Gasteiger partial charge on any atom is 0.260 e. The number of carbonyl (C=O) groups excluding carboxylic acids is 1. The minimum absolute atomic E-state index is 0.0531. The first-order valence-electron chi connectivity index (χ1n) is 14.0. The van der Waals surface area contributed by atoms with Gasteiger partial charge in [0.15, 0.2) is 9.84 Å². The second-order valence-electron chi connectivity index (χ2n) is 11.4. The van der Waals surface area contributed by atoms with Crippen LogP contribution < -0.4 is 21.1 Å². The monoisotopic (exact) mass is 597 g/mol. The standard InChI is InChI=1S/C30H33F2N5O4S/c1-35-10-7-22-20(17-42(2,40)41)13-19-16-37(24-5-4-21(31)14-23(24)32)29-18(3-6-25(38)36-11-8-33-9-12-36)15-34-28(26(19)29)27(22)30(35)39/h4-5,7,10,13-14,16,18,29,33-34H,3,6,8-9,11-12,15,17H2,1-2H3. The first-order valence-corrected chi connectivity index (χ1v) is 16.1. The summed E-state index contributed by atoms with van der Waals surface area (Å²) in [5.74, 6) is -1.85. The molecule has 0 bridgehead atoms. The zero-order chi connectivity index (χ0) is 29.8. The van der Waals surface area contributed by atoms with Crippen molar-refractivity contribution in [3.8, 4) is 0 Å². The summed E-state index contributed by atoms with van der Waals surface area (Å²) in [6, 6.07) is 4.68. The Labute approximate surface area is 243 Å². The van der Waals surface area contributed by atoms with Crippen LogP contribution in [-0.4, -0.2) is 74.6 Å². The number of anilines is 1. The van der Waals surface area contributed by atoms with Gasteiger partial charge in [-0.05, 0) is 47.4 Å². The lowest BCUT2D eigenvalue weighted by Gasteiger charge is -2.39. The molecule has 1 saturated heterocycles. The second-order valence-corrected chi connectivity index (χ2v) is 13.5. The number of aryl methyl sites for hydroxylation is 1. The van der Waals surface area contributed by atoms with Gasteiger partial charge in [0.2, 0.25) is 5.91 Å². The molecule has 9 nitrogen and oxygen atoms in total. The molecule has 1 aliphatic carbocycles. The van der Waals surface area contributed by atoms with Gasteiger partial charge in [0.25, 0.3) is 5.56 Å². The molecule has 42 heavy (non-hydrogen) atoms. The van der Waals surface area contributed by atoms with Crippen molar-refractivity contribution in [2.75, 3.05) is 49.6 Å². The quantitative estimate of drug-likeness (QED) is 0.525. The Kier molecular flexibility index (Phi) is 7.30. The fourth-order valence-electron chi connectivity index (χ4n) is 6.50. The number of benzene rings is 1. The number of halogens is 2. The average Bonchev–Trinajstić information content (AvgIpc) is 3.25. The summed E-state index contributed by atoms with van der Waals surface area (Å²) >= 11 is 0. The molecule has 1 amide bonds. The molecule has 2 unspecified atom stereocenters. The highest BCUT2D eigenvalue weighted by Crippen LogP contribution is 2.47. The first-order chi connectivity index (χ1) is 20.0. The Morgan fingerprint density at radius 2 is 1.90 bits per heavy atom. The Bertz CT molecular complexity index is 1720. The normalized spacial score (nSPS) is 21.7. The summed E-state index contributed by atoms with van der Waals surface area (Å²) in [5, 5.41) is 6.69. The van der Waals surface area contributed by atoms with Crippen molar-refractivity contribution in [2.24, 2.45) is 13.0 Å². The topological polar surface area (TPSA) is 104 Å². The number of hydrogen-bond acceptors (Lipinski definition) is 7. The molecule has 2 N–H and O–H groups in total. The van der Waals surface area contributed by atoms with E-state index in [4.69, 9.17) is 0 Å². The molecule has 1 fully saturated rings. The largest absolute Gasteiger partial charge is 0.384 e. The molecule has 2 aromatic rings. The van der Waals surface area contributed by atoms with E-state index in [1.807, 2.05) is 4.90 Å². The molecule has 12 heteroatoms. The van der Waals surface area contributed by atoms with E-state index < -0.39 is 27.5 Å². The molecular weight excluding hydrogens is 564 g/mol. The second kappa shape index (κ2) is 10.8. The Hall–Kier alpha value is -3.77. The summed E-state index contributed by atoms with van der Waals surface area (Å²) in [7, 11) is -1.84. The van der Waals surface area contributed by atoms with Gasteiger partial charge < -0.3 is 25.0 Å². The Morgan fingerprint density at radius 3 is 2.62 bits per heavy atom. The summed E-state index contributed by atoms with van der Waals surface area (Å²) in [6.07, 6.45) is 7.05. The van der Waals surface area contributed by atoms with Crippen LogP contribution in [0, 0.1) is 17.6 Å². The summed E-state index contributed by atoms with van der Waals surface area (Å²) in [4.78, 5) is 30.3. The summed E-state index contributed by atoms with van der Waals surface area (Å²) in [6.45, 7) is 3.19. The minimum Gasteiger partial charge on any atom is -0.384 e. The van der Waals surface area contributed by atoms with Crippen LogP contribution >= 0.6 is 0 Å². The fraction of sp³-hybridized carbons (Fsp3) is 0.400. The minimum atomic E-state index is -3.48. The van der Waals surface area contributed by atoms with Gasteiger partial charge in [-0.2, -0.15) is 0 Å². The van der Waals surface area contributed by atoms with Gasteiger partial charge in [-0.25, -0.2) is 17.2 Å². The van der Waals surface area contributed by atoms with E-state index >= 15 is 4.39 Å². The van der Waals surface area contributed by atoms with Crippen molar-refractivity contribution >= 4 is 32.7 Å². The third-order valence-electron chi connectivity index (χ3n) is 8.44. The predicted molar refractivity (Wildman–Crippen MR) is 157 cm³/mol. The SMILES string of the molecule is Cn1ccc2c(c1=O)C1=C3C(=CN(c4ccc(F)cc4F)C3C(CCC(=O)N3CCNCC3)CN1)C=C2CS(C)(=O)=O. The Morgan fingerprint density at radius 1 is 1.14 bits per heavy atom. The number of hydrogen-bond donors (Lipinski definition) is 2. The Balaban J connectivity index is 1.48. The van der Waals surface area contributed by atoms with Gasteiger partial charge in [0, 0.05) is 82.4 Å². The molecule has 4 aliphatic rings. The maximum absolute atomic E-state index is 15.3. The van der Waals surface area contributed by atoms with Crippen LogP contribution in [0.15, 0.2) is 58.7 Å². The van der Waals surface area contributed by atoms with Crippen LogP contribution in [0.4, 0.5) is 14.5 Å². The highest BCUT2D eigenvalue weighted by molar-refractivity contribution is 7.91. The van der Waals surface area contributed by atoms with Crippen LogP contribution in [0.5, 0.6) is 0 Å². The van der Waals surface area contributed by atoms with Gasteiger partial charge in [0.1, 0.15) is 11.6 Å². The van der Waals surface area contributed by atoms with Gasteiger partial charge in [-0.15, -0.1) is 0 Å². The lowest BCUT2D eigenvalue weighted by atomic mass is 9.82. The first kappa shape index (κ1) is 28.4. The van der Waals surface area contributed by atoms with Crippen LogP contribution in [0.25, 0.3) is 11.3 Å². The van der Waals surface area contributed by atoms with Crippen LogP contribution in [0.3, 0.4) is 0 Å². The molecule has 0 radical (unpaired) electrons. The maximum atomic E-state index is 15.3.